The Balaban J connectivity index is 1.73. The Morgan fingerprint density at radius 3 is 1.22 bits per heavy atom. The number of anilines is 6. The minimum atomic E-state index is 0.749. The van der Waals surface area contributed by atoms with Crippen molar-refractivity contribution in [1.82, 2.24) is 0 Å². The minimum absolute atomic E-state index is 0.749. The van der Waals surface area contributed by atoms with Crippen molar-refractivity contribution in [3.63, 3.8) is 0 Å². The van der Waals surface area contributed by atoms with Crippen LogP contribution in [-0.4, -0.2) is 0 Å². The van der Waals surface area contributed by atoms with Gasteiger partial charge in [0, 0.05) is 22.7 Å². The van der Waals surface area contributed by atoms with Gasteiger partial charge in [0.2, 0.25) is 0 Å². The van der Waals surface area contributed by atoms with E-state index in [2.05, 4.69) is 154 Å². The van der Waals surface area contributed by atoms with Gasteiger partial charge in [0.1, 0.15) is 0 Å². The van der Waals surface area contributed by atoms with Crippen LogP contribution in [0.25, 0.3) is 0 Å². The summed E-state index contributed by atoms with van der Waals surface area (Å²) in [5.41, 5.74) is 14.7. The van der Waals surface area contributed by atoms with Crippen LogP contribution in [0.3, 0.4) is 0 Å². The van der Waals surface area contributed by atoms with Gasteiger partial charge in [-0.3, -0.25) is 0 Å². The molecular formula is C51H65ClN2. The Kier molecular flexibility index (Phi) is 16.1. The molecule has 0 heterocycles. The third-order valence-electron chi connectivity index (χ3n) is 10.6. The number of hydrogen-bond acceptors (Lipinski definition) is 2. The summed E-state index contributed by atoms with van der Waals surface area (Å²) < 4.78 is 0. The fourth-order valence-electron chi connectivity index (χ4n) is 7.45. The van der Waals surface area contributed by atoms with Crippen LogP contribution in [0.2, 0.25) is 5.02 Å². The highest BCUT2D eigenvalue weighted by molar-refractivity contribution is 6.36. The maximum atomic E-state index is 7.86. The van der Waals surface area contributed by atoms with E-state index < -0.39 is 0 Å². The fraction of sp³-hybridized carbons (Fsp3) is 0.412. The van der Waals surface area contributed by atoms with Crippen LogP contribution in [0.1, 0.15) is 132 Å². The molecule has 5 aromatic carbocycles. The monoisotopic (exact) mass is 740 g/mol. The molecule has 0 aliphatic rings. The zero-order valence-electron chi connectivity index (χ0n) is 34.2. The fourth-order valence-corrected chi connectivity index (χ4v) is 7.73. The molecule has 0 bridgehead atoms. The zero-order valence-corrected chi connectivity index (χ0v) is 34.9. The summed E-state index contributed by atoms with van der Waals surface area (Å²) in [5.74, 6) is 0. The number of nitrogens with zero attached hydrogens (tertiary/aromatic N) is 2. The molecule has 5 rings (SSSR count). The zero-order chi connectivity index (χ0) is 38.3. The van der Waals surface area contributed by atoms with E-state index in [1.807, 2.05) is 0 Å². The Morgan fingerprint density at radius 1 is 0.389 bits per heavy atom. The van der Waals surface area contributed by atoms with Gasteiger partial charge in [-0.15, -0.1) is 0 Å². The molecule has 0 amide bonds. The highest BCUT2D eigenvalue weighted by Crippen LogP contribution is 2.48. The van der Waals surface area contributed by atoms with Gasteiger partial charge in [-0.05, 0) is 165 Å². The lowest BCUT2D eigenvalue weighted by Gasteiger charge is -2.32. The average molecular weight is 742 g/mol. The second-order valence-electron chi connectivity index (χ2n) is 15.3. The van der Waals surface area contributed by atoms with Gasteiger partial charge in [-0.2, -0.15) is 0 Å². The molecule has 0 unspecified atom stereocenters. The van der Waals surface area contributed by atoms with Crippen LogP contribution in [-0.2, 0) is 32.1 Å². The lowest BCUT2D eigenvalue weighted by molar-refractivity contribution is 0.780. The van der Waals surface area contributed by atoms with Gasteiger partial charge in [-0.1, -0.05) is 121 Å². The molecule has 5 aromatic rings. The SMILES string of the molecule is CCCCc1ccc(N(c2ccc(CCCC)cc2)c2cc(C)cc(N(c3cccc(CCCC)c3)c3cc(CCCC)cc(CCCC)c3)c2Cl)cc1. The Labute approximate surface area is 333 Å². The number of halogens is 1. The standard InChI is InChI=1S/C51H65ClN2/c1-7-12-18-40-25-29-45(30-26-40)53(46-31-27-41(28-32-46)19-13-8-2)49-33-39(6)34-50(51(49)52)54(47-24-17-23-42(36-47)20-14-9-3)48-37-43(21-15-10-4)35-44(38-48)22-16-11-5/h17,23-38H,7-16,18-22H2,1-6H3. The Morgan fingerprint density at radius 2 is 0.778 bits per heavy atom. The van der Waals surface area contributed by atoms with E-state index >= 15 is 0 Å². The first-order chi connectivity index (χ1) is 26.4. The van der Waals surface area contributed by atoms with Crippen LogP contribution in [0.15, 0.2) is 103 Å². The Hall–Kier alpha value is -4.01. The third-order valence-corrected chi connectivity index (χ3v) is 11.0. The van der Waals surface area contributed by atoms with Gasteiger partial charge in [0.05, 0.1) is 16.4 Å². The molecule has 0 radical (unpaired) electrons. The molecule has 0 N–H and O–H groups in total. The van der Waals surface area contributed by atoms with Crippen LogP contribution in [0.5, 0.6) is 0 Å². The van der Waals surface area contributed by atoms with Crippen molar-refractivity contribution in [3.05, 3.63) is 142 Å². The van der Waals surface area contributed by atoms with Crippen molar-refractivity contribution in [1.29, 1.82) is 0 Å². The highest BCUT2D eigenvalue weighted by atomic mass is 35.5. The topological polar surface area (TPSA) is 6.48 Å². The summed E-state index contributed by atoms with van der Waals surface area (Å²) in [4.78, 5) is 4.81. The Bertz CT molecular complexity index is 1800. The number of unbranched alkanes of at least 4 members (excludes halogenated alkanes) is 5. The van der Waals surface area contributed by atoms with Gasteiger partial charge in [-0.25, -0.2) is 0 Å². The normalized spacial score (nSPS) is 11.2. The second kappa shape index (κ2) is 21.2. The largest absolute Gasteiger partial charge is 0.309 e. The molecular weight excluding hydrogens is 676 g/mol. The molecule has 0 spiro atoms. The molecule has 0 atom stereocenters. The molecule has 286 valence electrons. The van der Waals surface area contributed by atoms with Gasteiger partial charge in [0.25, 0.3) is 0 Å². The number of benzene rings is 5. The molecule has 3 heteroatoms. The summed E-state index contributed by atoms with van der Waals surface area (Å²) in [7, 11) is 0. The van der Waals surface area contributed by atoms with Crippen molar-refractivity contribution in [2.24, 2.45) is 0 Å². The third kappa shape index (κ3) is 11.0. The van der Waals surface area contributed by atoms with Crippen LogP contribution in [0.4, 0.5) is 34.1 Å². The van der Waals surface area contributed by atoms with Crippen LogP contribution < -0.4 is 9.80 Å². The summed E-state index contributed by atoms with van der Waals surface area (Å²) in [5, 5.41) is 0.749. The molecule has 0 saturated carbocycles. The van der Waals surface area contributed by atoms with Crippen molar-refractivity contribution in [2.45, 2.75) is 138 Å². The average Bonchev–Trinajstić information content (AvgIpc) is 3.19. The van der Waals surface area contributed by atoms with E-state index in [1.54, 1.807) is 0 Å². The second-order valence-corrected chi connectivity index (χ2v) is 15.7. The number of hydrogen-bond donors (Lipinski definition) is 0. The first-order valence-electron chi connectivity index (χ1n) is 21.2. The predicted octanol–water partition coefficient (Wildman–Crippen LogP) is 16.3. The van der Waals surface area contributed by atoms with E-state index in [1.165, 1.54) is 103 Å². The summed E-state index contributed by atoms with van der Waals surface area (Å²) in [6.45, 7) is 13.6. The quantitative estimate of drug-likeness (QED) is 0.0739. The predicted molar refractivity (Wildman–Crippen MR) is 239 cm³/mol. The van der Waals surface area contributed by atoms with Crippen LogP contribution >= 0.6 is 11.6 Å². The van der Waals surface area contributed by atoms with Gasteiger partial charge < -0.3 is 9.80 Å². The van der Waals surface area contributed by atoms with E-state index in [4.69, 9.17) is 11.6 Å². The first-order valence-corrected chi connectivity index (χ1v) is 21.6. The minimum Gasteiger partial charge on any atom is -0.309 e. The highest BCUT2D eigenvalue weighted by Gasteiger charge is 2.24. The van der Waals surface area contributed by atoms with Crippen molar-refractivity contribution in [2.75, 3.05) is 9.80 Å². The van der Waals surface area contributed by atoms with Crippen molar-refractivity contribution in [3.8, 4) is 0 Å². The van der Waals surface area contributed by atoms with E-state index in [0.29, 0.717) is 0 Å². The van der Waals surface area contributed by atoms with Gasteiger partial charge >= 0.3 is 0 Å². The summed E-state index contributed by atoms with van der Waals surface area (Å²) in [6.07, 6.45) is 17.3. The van der Waals surface area contributed by atoms with Crippen LogP contribution in [0, 0.1) is 6.92 Å². The molecule has 0 fully saturated rings. The first kappa shape index (κ1) is 41.2. The molecule has 0 aliphatic heterocycles. The molecule has 54 heavy (non-hydrogen) atoms. The summed E-state index contributed by atoms with van der Waals surface area (Å²) in [6, 6.07) is 39.3. The number of aryl methyl sites for hydroxylation is 6. The van der Waals surface area contributed by atoms with E-state index in [-0.39, 0.29) is 0 Å². The van der Waals surface area contributed by atoms with Crippen molar-refractivity contribution >= 4 is 45.7 Å². The molecule has 0 aromatic heterocycles. The maximum Gasteiger partial charge on any atom is 0.0887 e. The number of rotatable bonds is 21. The van der Waals surface area contributed by atoms with E-state index in [0.717, 1.165) is 65.6 Å². The summed E-state index contributed by atoms with van der Waals surface area (Å²) >= 11 is 7.86. The van der Waals surface area contributed by atoms with Crippen molar-refractivity contribution < 1.29 is 0 Å². The molecule has 2 nitrogen and oxygen atoms in total. The lowest BCUT2D eigenvalue weighted by Crippen LogP contribution is -2.15. The van der Waals surface area contributed by atoms with E-state index in [9.17, 15) is 0 Å². The lowest BCUT2D eigenvalue weighted by atomic mass is 9.99. The maximum absolute atomic E-state index is 7.86. The van der Waals surface area contributed by atoms with Gasteiger partial charge in [0.15, 0.2) is 0 Å². The molecule has 0 aliphatic carbocycles. The smallest absolute Gasteiger partial charge is 0.0887 e. The molecule has 0 saturated heterocycles.